The molecule has 2 nitrogen and oxygen atoms in total. The molecule has 8 heavy (non-hydrogen) atoms. The van der Waals surface area contributed by atoms with Gasteiger partial charge in [-0.1, -0.05) is 0 Å². The first kappa shape index (κ1) is 5.98. The van der Waals surface area contributed by atoms with E-state index in [0.29, 0.717) is 19.6 Å². The fourth-order valence-electron chi connectivity index (χ4n) is 0.872. The average Bonchev–Trinajstić information content (AvgIpc) is 1.64. The first-order chi connectivity index (χ1) is 3.83. The molecule has 2 N–H and O–H groups in total. The Morgan fingerprint density at radius 2 is 2.25 bits per heavy atom. The standard InChI is InChI=1S/C5H11FN2/c6-5-3-8(4-5)2-1-7/h5H,1-4,7H2. The summed E-state index contributed by atoms with van der Waals surface area (Å²) >= 11 is 0. The van der Waals surface area contributed by atoms with Gasteiger partial charge in [0.2, 0.25) is 0 Å². The number of hydrogen-bond donors (Lipinski definition) is 1. The molecule has 0 saturated carbocycles. The van der Waals surface area contributed by atoms with E-state index < -0.39 is 6.17 Å². The van der Waals surface area contributed by atoms with Gasteiger partial charge in [0.25, 0.3) is 0 Å². The molecule has 0 radical (unpaired) electrons. The second-order valence-corrected chi connectivity index (χ2v) is 2.15. The molecule has 1 rings (SSSR count). The molecule has 48 valence electrons. The SMILES string of the molecule is NCCN1CC(F)C1. The lowest BCUT2D eigenvalue weighted by molar-refractivity contribution is 0.0689. The van der Waals surface area contributed by atoms with Gasteiger partial charge in [-0.2, -0.15) is 0 Å². The molecule has 0 aromatic carbocycles. The van der Waals surface area contributed by atoms with Crippen LogP contribution in [0.2, 0.25) is 0 Å². The third-order valence-electron chi connectivity index (χ3n) is 1.36. The quantitative estimate of drug-likeness (QED) is 0.534. The van der Waals surface area contributed by atoms with Crippen LogP contribution in [0.4, 0.5) is 4.39 Å². The summed E-state index contributed by atoms with van der Waals surface area (Å²) < 4.78 is 12.0. The summed E-state index contributed by atoms with van der Waals surface area (Å²) in [7, 11) is 0. The minimum Gasteiger partial charge on any atom is -0.329 e. The summed E-state index contributed by atoms with van der Waals surface area (Å²) in [4.78, 5) is 2.00. The van der Waals surface area contributed by atoms with Crippen molar-refractivity contribution in [2.24, 2.45) is 5.73 Å². The number of nitrogens with zero attached hydrogens (tertiary/aromatic N) is 1. The third-order valence-corrected chi connectivity index (χ3v) is 1.36. The van der Waals surface area contributed by atoms with Crippen molar-refractivity contribution >= 4 is 0 Å². The molecule has 1 aliphatic rings. The molecular weight excluding hydrogens is 107 g/mol. The Balaban J connectivity index is 1.98. The fraction of sp³-hybridized carbons (Fsp3) is 1.00. The molecule has 0 aromatic rings. The first-order valence-corrected chi connectivity index (χ1v) is 2.89. The monoisotopic (exact) mass is 118 g/mol. The molecular formula is C5H11FN2. The second kappa shape index (κ2) is 2.42. The maximum absolute atomic E-state index is 12.0. The van der Waals surface area contributed by atoms with E-state index in [1.54, 1.807) is 0 Å². The van der Waals surface area contributed by atoms with Crippen molar-refractivity contribution in [3.8, 4) is 0 Å². The van der Waals surface area contributed by atoms with Gasteiger partial charge in [-0.25, -0.2) is 4.39 Å². The highest BCUT2D eigenvalue weighted by Crippen LogP contribution is 2.08. The maximum Gasteiger partial charge on any atom is 0.125 e. The Morgan fingerprint density at radius 1 is 1.62 bits per heavy atom. The number of halogens is 1. The van der Waals surface area contributed by atoms with E-state index in [2.05, 4.69) is 0 Å². The predicted octanol–water partition coefficient (Wildman–Crippen LogP) is -0.401. The lowest BCUT2D eigenvalue weighted by atomic mass is 10.2. The van der Waals surface area contributed by atoms with E-state index in [9.17, 15) is 4.39 Å². The zero-order valence-corrected chi connectivity index (χ0v) is 4.81. The Morgan fingerprint density at radius 3 is 2.62 bits per heavy atom. The highest BCUT2D eigenvalue weighted by atomic mass is 19.1. The summed E-state index contributed by atoms with van der Waals surface area (Å²) in [6.45, 7) is 2.68. The summed E-state index contributed by atoms with van der Waals surface area (Å²) in [5.41, 5.74) is 5.22. The van der Waals surface area contributed by atoms with E-state index >= 15 is 0 Å². The highest BCUT2D eigenvalue weighted by Gasteiger charge is 2.24. The van der Waals surface area contributed by atoms with Gasteiger partial charge in [0, 0.05) is 26.2 Å². The van der Waals surface area contributed by atoms with Crippen molar-refractivity contribution in [1.82, 2.24) is 4.90 Å². The zero-order chi connectivity index (χ0) is 5.98. The smallest absolute Gasteiger partial charge is 0.125 e. The van der Waals surface area contributed by atoms with Crippen LogP contribution in [0, 0.1) is 0 Å². The van der Waals surface area contributed by atoms with E-state index in [4.69, 9.17) is 5.73 Å². The van der Waals surface area contributed by atoms with Crippen LogP contribution in [0.3, 0.4) is 0 Å². The van der Waals surface area contributed by atoms with Gasteiger partial charge >= 0.3 is 0 Å². The molecule has 0 atom stereocenters. The molecule has 0 bridgehead atoms. The van der Waals surface area contributed by atoms with Crippen LogP contribution in [0.5, 0.6) is 0 Å². The second-order valence-electron chi connectivity index (χ2n) is 2.15. The van der Waals surface area contributed by atoms with E-state index in [-0.39, 0.29) is 0 Å². The van der Waals surface area contributed by atoms with Gasteiger partial charge < -0.3 is 5.73 Å². The topological polar surface area (TPSA) is 29.3 Å². The Kier molecular flexibility index (Phi) is 1.81. The van der Waals surface area contributed by atoms with Crippen LogP contribution in [0.15, 0.2) is 0 Å². The molecule has 0 aromatic heterocycles. The van der Waals surface area contributed by atoms with Crippen molar-refractivity contribution in [2.45, 2.75) is 6.17 Å². The lowest BCUT2D eigenvalue weighted by Crippen LogP contribution is -2.49. The van der Waals surface area contributed by atoms with Crippen molar-refractivity contribution in [3.63, 3.8) is 0 Å². The van der Waals surface area contributed by atoms with Gasteiger partial charge in [-0.05, 0) is 0 Å². The first-order valence-electron chi connectivity index (χ1n) is 2.89. The largest absolute Gasteiger partial charge is 0.329 e. The van der Waals surface area contributed by atoms with E-state index in [0.717, 1.165) is 6.54 Å². The fourth-order valence-corrected chi connectivity index (χ4v) is 0.872. The van der Waals surface area contributed by atoms with Crippen molar-refractivity contribution in [1.29, 1.82) is 0 Å². The summed E-state index contributed by atoms with van der Waals surface area (Å²) in [6.07, 6.45) is -0.582. The van der Waals surface area contributed by atoms with Gasteiger partial charge in [-0.15, -0.1) is 0 Å². The van der Waals surface area contributed by atoms with Gasteiger partial charge in [0.15, 0.2) is 0 Å². The highest BCUT2D eigenvalue weighted by molar-refractivity contribution is 4.78. The van der Waals surface area contributed by atoms with Gasteiger partial charge in [0.05, 0.1) is 0 Å². The third kappa shape index (κ3) is 1.17. The van der Waals surface area contributed by atoms with Crippen LogP contribution in [-0.2, 0) is 0 Å². The van der Waals surface area contributed by atoms with E-state index in [1.165, 1.54) is 0 Å². The molecule has 1 saturated heterocycles. The Hall–Kier alpha value is -0.150. The molecule has 1 fully saturated rings. The minimum atomic E-state index is -0.582. The van der Waals surface area contributed by atoms with Crippen molar-refractivity contribution in [3.05, 3.63) is 0 Å². The zero-order valence-electron chi connectivity index (χ0n) is 4.81. The molecule has 0 aliphatic carbocycles. The number of rotatable bonds is 2. The van der Waals surface area contributed by atoms with Crippen LogP contribution >= 0.6 is 0 Å². The lowest BCUT2D eigenvalue weighted by Gasteiger charge is -2.33. The molecule has 1 heterocycles. The normalized spacial score (nSPS) is 23.2. The van der Waals surface area contributed by atoms with Gasteiger partial charge in [-0.3, -0.25) is 4.90 Å². The van der Waals surface area contributed by atoms with Crippen LogP contribution < -0.4 is 5.73 Å². The number of hydrogen-bond acceptors (Lipinski definition) is 2. The van der Waals surface area contributed by atoms with Crippen LogP contribution in [-0.4, -0.2) is 37.3 Å². The minimum absolute atomic E-state index is 0.582. The molecule has 0 amide bonds. The Labute approximate surface area is 48.5 Å². The molecule has 0 unspecified atom stereocenters. The summed E-state index contributed by atoms with van der Waals surface area (Å²) in [5.74, 6) is 0. The van der Waals surface area contributed by atoms with Crippen LogP contribution in [0.25, 0.3) is 0 Å². The maximum atomic E-state index is 12.0. The summed E-state index contributed by atoms with van der Waals surface area (Å²) in [5, 5.41) is 0. The van der Waals surface area contributed by atoms with Crippen LogP contribution in [0.1, 0.15) is 0 Å². The van der Waals surface area contributed by atoms with Crippen molar-refractivity contribution < 1.29 is 4.39 Å². The molecule has 0 spiro atoms. The Bertz CT molecular complexity index is 68.1. The number of likely N-dealkylation sites (tertiary alicyclic amines) is 1. The van der Waals surface area contributed by atoms with Crippen molar-refractivity contribution in [2.75, 3.05) is 26.2 Å². The molecule has 3 heteroatoms. The number of nitrogens with two attached hydrogens (primary N) is 1. The number of alkyl halides is 1. The summed E-state index contributed by atoms with van der Waals surface area (Å²) in [6, 6.07) is 0. The van der Waals surface area contributed by atoms with Gasteiger partial charge in [0.1, 0.15) is 6.17 Å². The average molecular weight is 118 g/mol. The molecule has 1 aliphatic heterocycles. The van der Waals surface area contributed by atoms with E-state index in [1.807, 2.05) is 4.90 Å². The predicted molar refractivity (Wildman–Crippen MR) is 30.4 cm³/mol.